The van der Waals surface area contributed by atoms with Gasteiger partial charge in [-0.1, -0.05) is 42.5 Å². The van der Waals surface area contributed by atoms with Crippen molar-refractivity contribution < 1.29 is 14.4 Å². The number of nitrogens with one attached hydrogen (secondary N) is 3. The van der Waals surface area contributed by atoms with E-state index in [1.54, 1.807) is 24.3 Å². The Morgan fingerprint density at radius 2 is 1.75 bits per heavy atom. The SMILES string of the molecule is O=C(Nc1ccccc1)Nc1ccc(C(=O)NCc2cccc(CN3CCCC3=O)c2)s1. The topological polar surface area (TPSA) is 90.5 Å². The molecule has 1 aromatic heterocycles. The first kappa shape index (κ1) is 21.6. The number of rotatable bonds is 7. The minimum Gasteiger partial charge on any atom is -0.347 e. The highest BCUT2D eigenvalue weighted by Crippen LogP contribution is 2.22. The van der Waals surface area contributed by atoms with E-state index in [2.05, 4.69) is 16.0 Å². The highest BCUT2D eigenvalue weighted by molar-refractivity contribution is 7.18. The van der Waals surface area contributed by atoms with E-state index in [-0.39, 0.29) is 17.8 Å². The Morgan fingerprint density at radius 3 is 2.53 bits per heavy atom. The van der Waals surface area contributed by atoms with Gasteiger partial charge in [0, 0.05) is 31.7 Å². The summed E-state index contributed by atoms with van der Waals surface area (Å²) >= 11 is 1.21. The van der Waals surface area contributed by atoms with Crippen LogP contribution >= 0.6 is 11.3 Å². The largest absolute Gasteiger partial charge is 0.347 e. The Bertz CT molecular complexity index is 1110. The highest BCUT2D eigenvalue weighted by Gasteiger charge is 2.20. The molecule has 2 heterocycles. The van der Waals surface area contributed by atoms with Crippen molar-refractivity contribution in [3.8, 4) is 0 Å². The van der Waals surface area contributed by atoms with Gasteiger partial charge in [-0.15, -0.1) is 11.3 Å². The van der Waals surface area contributed by atoms with Gasteiger partial charge >= 0.3 is 6.03 Å². The fraction of sp³-hybridized carbons (Fsp3) is 0.208. The summed E-state index contributed by atoms with van der Waals surface area (Å²) in [6, 6.07) is 20.1. The number of carbonyl (C=O) groups is 3. The van der Waals surface area contributed by atoms with Crippen LogP contribution in [0, 0.1) is 0 Å². The lowest BCUT2D eigenvalue weighted by Crippen LogP contribution is -2.24. The molecule has 0 bridgehead atoms. The van der Waals surface area contributed by atoms with Gasteiger partial charge in [-0.25, -0.2) is 4.79 Å². The third-order valence-electron chi connectivity index (χ3n) is 5.09. The molecule has 4 rings (SSSR count). The summed E-state index contributed by atoms with van der Waals surface area (Å²) in [5.41, 5.74) is 2.72. The fourth-order valence-corrected chi connectivity index (χ4v) is 4.34. The maximum Gasteiger partial charge on any atom is 0.324 e. The molecule has 7 nitrogen and oxygen atoms in total. The molecular formula is C24H24N4O3S. The molecule has 4 amide bonds. The molecule has 0 unspecified atom stereocenters. The summed E-state index contributed by atoms with van der Waals surface area (Å²) in [5.74, 6) is -0.00472. The van der Waals surface area contributed by atoms with Gasteiger partial charge in [0.2, 0.25) is 5.91 Å². The number of carbonyl (C=O) groups excluding carboxylic acids is 3. The molecule has 1 aliphatic heterocycles. The van der Waals surface area contributed by atoms with Crippen LogP contribution in [0.4, 0.5) is 15.5 Å². The lowest BCUT2D eigenvalue weighted by Gasteiger charge is -2.16. The predicted octanol–water partition coefficient (Wildman–Crippen LogP) is 4.44. The zero-order chi connectivity index (χ0) is 22.3. The molecule has 164 valence electrons. The van der Waals surface area contributed by atoms with Crippen molar-refractivity contribution in [2.45, 2.75) is 25.9 Å². The van der Waals surface area contributed by atoms with Crippen molar-refractivity contribution >= 4 is 39.9 Å². The van der Waals surface area contributed by atoms with Crippen LogP contribution in [0.3, 0.4) is 0 Å². The molecule has 1 saturated heterocycles. The summed E-state index contributed by atoms with van der Waals surface area (Å²) < 4.78 is 0. The first-order valence-corrected chi connectivity index (χ1v) is 11.3. The van der Waals surface area contributed by atoms with Crippen LogP contribution in [-0.4, -0.2) is 29.3 Å². The summed E-state index contributed by atoms with van der Waals surface area (Å²) in [6.07, 6.45) is 1.54. The Kier molecular flexibility index (Phi) is 6.81. The van der Waals surface area contributed by atoms with Crippen LogP contribution < -0.4 is 16.0 Å². The molecule has 1 fully saturated rings. The van der Waals surface area contributed by atoms with Gasteiger partial charge in [0.1, 0.15) is 0 Å². The van der Waals surface area contributed by atoms with E-state index in [9.17, 15) is 14.4 Å². The number of hydrogen-bond acceptors (Lipinski definition) is 4. The minimum absolute atomic E-state index is 0.197. The second-order valence-electron chi connectivity index (χ2n) is 7.53. The number of amides is 4. The average molecular weight is 449 g/mol. The van der Waals surface area contributed by atoms with Crippen LogP contribution in [0.15, 0.2) is 66.7 Å². The minimum atomic E-state index is -0.363. The molecule has 0 atom stereocenters. The smallest absolute Gasteiger partial charge is 0.324 e. The van der Waals surface area contributed by atoms with E-state index in [1.165, 1.54) is 11.3 Å². The fourth-order valence-electron chi connectivity index (χ4n) is 3.52. The van der Waals surface area contributed by atoms with Gasteiger partial charge in [-0.05, 0) is 41.8 Å². The number of anilines is 2. The van der Waals surface area contributed by atoms with Crippen LogP contribution in [0.2, 0.25) is 0 Å². The van der Waals surface area contributed by atoms with E-state index in [4.69, 9.17) is 0 Å². The molecule has 0 spiro atoms. The summed E-state index contributed by atoms with van der Waals surface area (Å²) in [7, 11) is 0. The summed E-state index contributed by atoms with van der Waals surface area (Å²) in [4.78, 5) is 38.9. The van der Waals surface area contributed by atoms with Crippen LogP contribution in [-0.2, 0) is 17.9 Å². The van der Waals surface area contributed by atoms with Gasteiger partial charge in [0.15, 0.2) is 0 Å². The van der Waals surface area contributed by atoms with Crippen LogP contribution in [0.5, 0.6) is 0 Å². The molecule has 8 heteroatoms. The number of likely N-dealkylation sites (tertiary alicyclic amines) is 1. The van der Waals surface area contributed by atoms with Crippen molar-refractivity contribution in [1.82, 2.24) is 10.2 Å². The van der Waals surface area contributed by atoms with Crippen molar-refractivity contribution in [2.24, 2.45) is 0 Å². The highest BCUT2D eigenvalue weighted by atomic mass is 32.1. The lowest BCUT2D eigenvalue weighted by atomic mass is 10.1. The molecular weight excluding hydrogens is 424 g/mol. The third kappa shape index (κ3) is 5.73. The third-order valence-corrected chi connectivity index (χ3v) is 6.09. The number of hydrogen-bond donors (Lipinski definition) is 3. The molecule has 3 aromatic rings. The Labute approximate surface area is 190 Å². The summed E-state index contributed by atoms with van der Waals surface area (Å²) in [5, 5.41) is 8.98. The van der Waals surface area contributed by atoms with Crippen LogP contribution in [0.25, 0.3) is 0 Å². The number of para-hydroxylation sites is 1. The van der Waals surface area contributed by atoms with Crippen molar-refractivity contribution in [1.29, 1.82) is 0 Å². The normalized spacial score (nSPS) is 13.1. The first-order valence-electron chi connectivity index (χ1n) is 10.4. The van der Waals surface area contributed by atoms with Gasteiger partial charge in [0.05, 0.1) is 9.88 Å². The number of urea groups is 1. The summed E-state index contributed by atoms with van der Waals surface area (Å²) in [6.45, 7) is 1.79. The van der Waals surface area contributed by atoms with Gasteiger partial charge in [-0.3, -0.25) is 14.9 Å². The quantitative estimate of drug-likeness (QED) is 0.499. The van der Waals surface area contributed by atoms with E-state index in [0.29, 0.717) is 35.1 Å². The molecule has 0 aliphatic carbocycles. The number of nitrogens with zero attached hydrogens (tertiary/aromatic N) is 1. The zero-order valence-electron chi connectivity index (χ0n) is 17.5. The van der Waals surface area contributed by atoms with E-state index < -0.39 is 0 Å². The molecule has 1 aliphatic rings. The monoisotopic (exact) mass is 448 g/mol. The molecule has 0 saturated carbocycles. The van der Waals surface area contributed by atoms with Gasteiger partial charge in [0.25, 0.3) is 5.91 Å². The average Bonchev–Trinajstić information content (AvgIpc) is 3.42. The van der Waals surface area contributed by atoms with Crippen LogP contribution in [0.1, 0.15) is 33.6 Å². The van der Waals surface area contributed by atoms with Gasteiger partial charge < -0.3 is 15.5 Å². The van der Waals surface area contributed by atoms with Crippen molar-refractivity contribution in [2.75, 3.05) is 17.2 Å². The van der Waals surface area contributed by atoms with E-state index >= 15 is 0 Å². The molecule has 2 aromatic carbocycles. The van der Waals surface area contributed by atoms with Crippen molar-refractivity contribution in [3.63, 3.8) is 0 Å². The standard InChI is InChI=1S/C24H24N4O3S/c29-22-10-5-13-28(22)16-18-7-4-6-17(14-18)15-25-23(30)20-11-12-21(32-20)27-24(31)26-19-8-2-1-3-9-19/h1-4,6-9,11-12,14H,5,10,13,15-16H2,(H,25,30)(H2,26,27,31). The second-order valence-corrected chi connectivity index (χ2v) is 8.61. The molecule has 32 heavy (non-hydrogen) atoms. The van der Waals surface area contributed by atoms with E-state index in [1.807, 2.05) is 47.4 Å². The Morgan fingerprint density at radius 1 is 0.938 bits per heavy atom. The maximum atomic E-state index is 12.5. The second kappa shape index (κ2) is 10.1. The Hall–Kier alpha value is -3.65. The molecule has 3 N–H and O–H groups in total. The zero-order valence-corrected chi connectivity index (χ0v) is 18.3. The number of thiophene rings is 1. The predicted molar refractivity (Wildman–Crippen MR) is 126 cm³/mol. The Balaban J connectivity index is 1.28. The number of benzene rings is 2. The van der Waals surface area contributed by atoms with E-state index in [0.717, 1.165) is 24.1 Å². The molecule has 0 radical (unpaired) electrons. The first-order chi connectivity index (χ1) is 15.6. The van der Waals surface area contributed by atoms with Gasteiger partial charge in [-0.2, -0.15) is 0 Å². The van der Waals surface area contributed by atoms with Crippen molar-refractivity contribution in [3.05, 3.63) is 82.7 Å². The maximum absolute atomic E-state index is 12.5. The lowest BCUT2D eigenvalue weighted by molar-refractivity contribution is -0.128.